The molecule has 1 amide bonds. The van der Waals surface area contributed by atoms with Crippen LogP contribution in [0.5, 0.6) is 5.75 Å². The minimum absolute atomic E-state index is 0.0259. The largest absolute Gasteiger partial charge is 0.497 e. The maximum Gasteiger partial charge on any atom is 0.225 e. The maximum atomic E-state index is 13.0. The van der Waals surface area contributed by atoms with Gasteiger partial charge >= 0.3 is 0 Å². The van der Waals surface area contributed by atoms with E-state index in [2.05, 4.69) is 32.3 Å². The lowest BCUT2D eigenvalue weighted by atomic mass is 9.95. The molecular weight excluding hydrogens is 340 g/mol. The predicted molar refractivity (Wildman–Crippen MR) is 104 cm³/mol. The molecule has 6 nitrogen and oxygen atoms in total. The van der Waals surface area contributed by atoms with Gasteiger partial charge in [0, 0.05) is 25.5 Å². The van der Waals surface area contributed by atoms with Crippen molar-refractivity contribution in [3.63, 3.8) is 0 Å². The van der Waals surface area contributed by atoms with Gasteiger partial charge < -0.3 is 15.0 Å². The SMILES string of the molecule is COc1ccc(C(NC(=O)C2CCCN(c3ncccn3)C2)C2CC2)cc1. The van der Waals surface area contributed by atoms with E-state index in [0.29, 0.717) is 18.4 Å². The number of ether oxygens (including phenoxy) is 1. The van der Waals surface area contributed by atoms with Crippen LogP contribution in [0.2, 0.25) is 0 Å². The van der Waals surface area contributed by atoms with Crippen molar-refractivity contribution in [3.05, 3.63) is 48.3 Å². The normalized spacial score (nSPS) is 20.8. The molecule has 2 heterocycles. The van der Waals surface area contributed by atoms with Gasteiger partial charge in [-0.1, -0.05) is 12.1 Å². The molecule has 27 heavy (non-hydrogen) atoms. The summed E-state index contributed by atoms with van der Waals surface area (Å²) in [6.45, 7) is 1.58. The second-order valence-corrected chi connectivity index (χ2v) is 7.43. The first-order valence-corrected chi connectivity index (χ1v) is 9.71. The highest BCUT2D eigenvalue weighted by molar-refractivity contribution is 5.80. The predicted octanol–water partition coefficient (Wildman–Crippen LogP) is 2.97. The Morgan fingerprint density at radius 2 is 1.93 bits per heavy atom. The zero-order valence-electron chi connectivity index (χ0n) is 15.7. The summed E-state index contributed by atoms with van der Waals surface area (Å²) in [6.07, 6.45) is 7.73. The Hall–Kier alpha value is -2.63. The van der Waals surface area contributed by atoms with Crippen LogP contribution in [0.4, 0.5) is 5.95 Å². The maximum absolute atomic E-state index is 13.0. The van der Waals surface area contributed by atoms with E-state index in [1.807, 2.05) is 18.2 Å². The Bertz CT molecular complexity index is 762. The monoisotopic (exact) mass is 366 g/mol. The second kappa shape index (κ2) is 7.94. The van der Waals surface area contributed by atoms with Gasteiger partial charge in [0.1, 0.15) is 5.75 Å². The summed E-state index contributed by atoms with van der Waals surface area (Å²) in [6, 6.07) is 9.96. The van der Waals surface area contributed by atoms with Crippen LogP contribution in [0.15, 0.2) is 42.7 Å². The summed E-state index contributed by atoms with van der Waals surface area (Å²) < 4.78 is 5.25. The van der Waals surface area contributed by atoms with Crippen molar-refractivity contribution < 1.29 is 9.53 Å². The molecule has 142 valence electrons. The van der Waals surface area contributed by atoms with Crippen LogP contribution in [-0.4, -0.2) is 36.1 Å². The van der Waals surface area contributed by atoms with E-state index in [-0.39, 0.29) is 17.9 Å². The van der Waals surface area contributed by atoms with Crippen LogP contribution in [0.3, 0.4) is 0 Å². The molecule has 2 unspecified atom stereocenters. The van der Waals surface area contributed by atoms with Gasteiger partial charge in [-0.25, -0.2) is 9.97 Å². The van der Waals surface area contributed by atoms with Crippen molar-refractivity contribution in [2.75, 3.05) is 25.1 Å². The first kappa shape index (κ1) is 17.8. The molecule has 0 bridgehead atoms. The molecular formula is C21H26N4O2. The zero-order valence-corrected chi connectivity index (χ0v) is 15.7. The van der Waals surface area contributed by atoms with Crippen molar-refractivity contribution >= 4 is 11.9 Å². The topological polar surface area (TPSA) is 67.3 Å². The Morgan fingerprint density at radius 3 is 2.59 bits per heavy atom. The second-order valence-electron chi connectivity index (χ2n) is 7.43. The van der Waals surface area contributed by atoms with E-state index in [1.165, 1.54) is 12.8 Å². The molecule has 2 fully saturated rings. The Morgan fingerprint density at radius 1 is 1.19 bits per heavy atom. The summed E-state index contributed by atoms with van der Waals surface area (Å²) in [5.74, 6) is 2.21. The van der Waals surface area contributed by atoms with E-state index < -0.39 is 0 Å². The van der Waals surface area contributed by atoms with Gasteiger partial charge in [-0.05, 0) is 55.4 Å². The number of rotatable bonds is 6. The lowest BCUT2D eigenvalue weighted by Crippen LogP contribution is -2.44. The van der Waals surface area contributed by atoms with Gasteiger partial charge in [0.15, 0.2) is 0 Å². The molecule has 6 heteroatoms. The van der Waals surface area contributed by atoms with Gasteiger partial charge in [-0.15, -0.1) is 0 Å². The summed E-state index contributed by atoms with van der Waals surface area (Å²) >= 11 is 0. The van der Waals surface area contributed by atoms with Gasteiger partial charge in [0.25, 0.3) is 0 Å². The summed E-state index contributed by atoms with van der Waals surface area (Å²) in [4.78, 5) is 23.8. The number of anilines is 1. The van der Waals surface area contributed by atoms with Crippen LogP contribution >= 0.6 is 0 Å². The van der Waals surface area contributed by atoms with Crippen molar-refractivity contribution in [2.45, 2.75) is 31.7 Å². The van der Waals surface area contributed by atoms with E-state index >= 15 is 0 Å². The summed E-state index contributed by atoms with van der Waals surface area (Å²) in [5, 5.41) is 3.33. The summed E-state index contributed by atoms with van der Waals surface area (Å²) in [5.41, 5.74) is 1.16. The highest BCUT2D eigenvalue weighted by atomic mass is 16.5. The molecule has 2 atom stereocenters. The van der Waals surface area contributed by atoms with Gasteiger partial charge in [0.05, 0.1) is 19.1 Å². The minimum Gasteiger partial charge on any atom is -0.497 e. The Labute approximate surface area is 160 Å². The van der Waals surface area contributed by atoms with Gasteiger partial charge in [0.2, 0.25) is 11.9 Å². The molecule has 1 N–H and O–H groups in total. The fourth-order valence-electron chi connectivity index (χ4n) is 3.81. The molecule has 2 aliphatic rings. The molecule has 0 radical (unpaired) electrons. The molecule has 2 aromatic rings. The van der Waals surface area contributed by atoms with Crippen LogP contribution in [0.1, 0.15) is 37.3 Å². The number of nitrogens with one attached hydrogen (secondary N) is 1. The molecule has 1 aromatic heterocycles. The number of piperidine rings is 1. The third kappa shape index (κ3) is 4.21. The van der Waals surface area contributed by atoms with Crippen molar-refractivity contribution in [3.8, 4) is 5.75 Å². The highest BCUT2D eigenvalue weighted by Crippen LogP contribution is 2.41. The number of hydrogen-bond donors (Lipinski definition) is 1. The zero-order chi connectivity index (χ0) is 18.6. The average Bonchev–Trinajstić information content (AvgIpc) is 3.58. The van der Waals surface area contributed by atoms with E-state index in [1.54, 1.807) is 19.5 Å². The van der Waals surface area contributed by atoms with Crippen LogP contribution in [0, 0.1) is 11.8 Å². The van der Waals surface area contributed by atoms with Gasteiger partial charge in [-0.3, -0.25) is 4.79 Å². The fourth-order valence-corrected chi connectivity index (χ4v) is 3.81. The molecule has 1 saturated heterocycles. The van der Waals surface area contributed by atoms with Crippen LogP contribution in [0.25, 0.3) is 0 Å². The first-order valence-electron chi connectivity index (χ1n) is 9.71. The molecule has 1 saturated carbocycles. The number of hydrogen-bond acceptors (Lipinski definition) is 5. The summed E-state index contributed by atoms with van der Waals surface area (Å²) in [7, 11) is 1.67. The lowest BCUT2D eigenvalue weighted by Gasteiger charge is -2.33. The van der Waals surface area contributed by atoms with E-state index in [9.17, 15) is 4.79 Å². The standard InChI is InChI=1S/C21H26N4O2/c1-27-18-9-7-16(8-10-18)19(15-5-6-15)24-20(26)17-4-2-13-25(14-17)21-22-11-3-12-23-21/h3,7-12,15,17,19H,2,4-6,13-14H2,1H3,(H,24,26). The Balaban J connectivity index is 1.43. The third-order valence-electron chi connectivity index (χ3n) is 5.49. The van der Waals surface area contributed by atoms with Crippen molar-refractivity contribution in [1.82, 2.24) is 15.3 Å². The lowest BCUT2D eigenvalue weighted by molar-refractivity contribution is -0.126. The van der Waals surface area contributed by atoms with Crippen LogP contribution in [-0.2, 0) is 4.79 Å². The van der Waals surface area contributed by atoms with E-state index in [0.717, 1.165) is 30.7 Å². The third-order valence-corrected chi connectivity index (χ3v) is 5.49. The van der Waals surface area contributed by atoms with Crippen LogP contribution < -0.4 is 15.0 Å². The minimum atomic E-state index is -0.0259. The number of benzene rings is 1. The number of aromatic nitrogens is 2. The highest BCUT2D eigenvalue weighted by Gasteiger charge is 2.35. The first-order chi connectivity index (χ1) is 13.2. The molecule has 4 rings (SSSR count). The Kier molecular flexibility index (Phi) is 5.23. The van der Waals surface area contributed by atoms with Crippen molar-refractivity contribution in [1.29, 1.82) is 0 Å². The van der Waals surface area contributed by atoms with Crippen molar-refractivity contribution in [2.24, 2.45) is 11.8 Å². The smallest absolute Gasteiger partial charge is 0.225 e. The number of carbonyl (C=O) groups excluding carboxylic acids is 1. The average molecular weight is 366 g/mol. The number of nitrogens with zero attached hydrogens (tertiary/aromatic N) is 3. The van der Waals surface area contributed by atoms with Gasteiger partial charge in [-0.2, -0.15) is 0 Å². The molecule has 0 spiro atoms. The quantitative estimate of drug-likeness (QED) is 0.851. The molecule has 1 aliphatic carbocycles. The molecule has 1 aromatic carbocycles. The number of amides is 1. The fraction of sp³-hybridized carbons (Fsp3) is 0.476. The molecule has 1 aliphatic heterocycles. The number of carbonyl (C=O) groups is 1. The number of methoxy groups -OCH3 is 1. The van der Waals surface area contributed by atoms with E-state index in [4.69, 9.17) is 4.74 Å².